The summed E-state index contributed by atoms with van der Waals surface area (Å²) in [6.45, 7) is 7.58. The highest BCUT2D eigenvalue weighted by Crippen LogP contribution is 2.34. The minimum Gasteiger partial charge on any atom is -0.487 e. The topological polar surface area (TPSA) is 268 Å². The number of halogens is 11. The molecule has 1 amide bonds. The number of hydrogen-bond acceptors (Lipinski definition) is 10. The van der Waals surface area contributed by atoms with Crippen molar-refractivity contribution in [3.05, 3.63) is 63.8 Å². The van der Waals surface area contributed by atoms with Crippen molar-refractivity contribution < 1.29 is 87.2 Å². The van der Waals surface area contributed by atoms with E-state index in [0.717, 1.165) is 17.5 Å². The van der Waals surface area contributed by atoms with Gasteiger partial charge in [-0.15, -0.1) is 0 Å². The molecule has 1 aromatic heterocycles. The van der Waals surface area contributed by atoms with E-state index < -0.39 is 52.0 Å². The molecule has 29 heteroatoms. The van der Waals surface area contributed by atoms with Gasteiger partial charge in [0.25, 0.3) is 0 Å². The third-order valence-corrected chi connectivity index (χ3v) is 10.4. The second-order valence-corrected chi connectivity index (χ2v) is 15.6. The van der Waals surface area contributed by atoms with Crippen LogP contribution >= 0.6 is 23.2 Å². The zero-order valence-corrected chi connectivity index (χ0v) is 35.7. The van der Waals surface area contributed by atoms with Crippen LogP contribution in [0.5, 0.6) is 5.75 Å². The summed E-state index contributed by atoms with van der Waals surface area (Å²) >= 11 is 13.1. The monoisotopic (exact) mass is 991 g/mol. The van der Waals surface area contributed by atoms with Crippen LogP contribution in [0.25, 0.3) is 10.9 Å². The second kappa shape index (κ2) is 23.5. The van der Waals surface area contributed by atoms with Crippen LogP contribution in [0, 0.1) is 6.92 Å². The molecule has 64 heavy (non-hydrogen) atoms. The summed E-state index contributed by atoms with van der Waals surface area (Å²) in [5, 5.41) is 22.4. The third-order valence-electron chi connectivity index (χ3n) is 7.81. The predicted octanol–water partition coefficient (Wildman–Crippen LogP) is 5.19. The van der Waals surface area contributed by atoms with Crippen LogP contribution in [-0.2, 0) is 35.8 Å². The van der Waals surface area contributed by atoms with E-state index >= 15 is 0 Å². The number of guanidine groups is 1. The molecule has 0 radical (unpaired) electrons. The fraction of sp³-hybridized carbons (Fsp3) is 0.429. The van der Waals surface area contributed by atoms with Crippen molar-refractivity contribution in [1.82, 2.24) is 19.5 Å². The smallest absolute Gasteiger partial charge is 0.487 e. The normalized spacial score (nSPS) is 13.6. The number of pyridine rings is 1. The molecule has 4 rings (SSSR count). The van der Waals surface area contributed by atoms with E-state index in [0.29, 0.717) is 62.1 Å². The number of amides is 1. The molecule has 0 saturated carbocycles. The molecule has 1 aliphatic rings. The minimum absolute atomic E-state index is 0.0920. The average molecular weight is 993 g/mol. The van der Waals surface area contributed by atoms with Crippen molar-refractivity contribution in [3.63, 3.8) is 0 Å². The lowest BCUT2D eigenvalue weighted by Crippen LogP contribution is -2.60. The lowest BCUT2D eigenvalue weighted by atomic mass is 10.0. The Morgan fingerprint density at radius 1 is 0.828 bits per heavy atom. The lowest BCUT2D eigenvalue weighted by molar-refractivity contribution is -0.193. The molecule has 0 unspecified atom stereocenters. The SMILES string of the molecule is Cc1ccc2cccc(OCc3c(Cl)ccc(S(=O)(=O)NC(C)(C)C(=O)N4CCN(C(N)=NCCCN)CC4)c3Cl)c2n1.O=C(O)C(F)(F)F.O=C(O)C(F)(F)F.O=C(O)C(F)(F)F. The number of piperazine rings is 1. The molecule has 8 N–H and O–H groups in total. The van der Waals surface area contributed by atoms with Crippen LogP contribution in [0.2, 0.25) is 10.0 Å². The Morgan fingerprint density at radius 3 is 1.78 bits per heavy atom. The number of ether oxygens (including phenoxy) is 1. The van der Waals surface area contributed by atoms with Crippen molar-refractivity contribution in [2.75, 3.05) is 39.3 Å². The van der Waals surface area contributed by atoms with Crippen molar-refractivity contribution in [2.24, 2.45) is 16.5 Å². The van der Waals surface area contributed by atoms with Crippen LogP contribution in [0.1, 0.15) is 31.5 Å². The van der Waals surface area contributed by atoms with Gasteiger partial charge < -0.3 is 41.3 Å². The van der Waals surface area contributed by atoms with Crippen LogP contribution in [0.3, 0.4) is 0 Å². The summed E-state index contributed by atoms with van der Waals surface area (Å²) in [5.74, 6) is -7.73. The van der Waals surface area contributed by atoms with E-state index in [9.17, 15) is 52.7 Å². The molecular formula is C35H40Cl2F9N7O10S. The number of para-hydroxylation sites is 1. The number of carboxylic acid groups (broad SMARTS) is 3. The van der Waals surface area contributed by atoms with E-state index in [4.69, 9.17) is 69.1 Å². The molecule has 3 aromatic rings. The molecule has 1 fully saturated rings. The Labute approximate surface area is 367 Å². The number of sulfonamides is 1. The minimum atomic E-state index is -5.08. The van der Waals surface area contributed by atoms with Crippen molar-refractivity contribution >= 4 is 73.9 Å². The third kappa shape index (κ3) is 18.0. The number of nitrogens with one attached hydrogen (secondary N) is 1. The predicted molar refractivity (Wildman–Crippen MR) is 211 cm³/mol. The number of carbonyl (C=O) groups is 4. The standard InChI is InChI=1S/C29H37Cl2N7O4S.3C2HF3O2/c1-19-8-9-20-6-4-7-23(26(20)35-19)42-18-21-22(30)10-11-24(25(21)31)43(40,41)36-29(2,3)27(39)37-14-16-38(17-15-37)28(33)34-13-5-12-32;3*3-2(4,5)1(6)7/h4,6-11,36H,5,12-18,32H2,1-3H3,(H2,33,34);3*(H,6,7). The summed E-state index contributed by atoms with van der Waals surface area (Å²) < 4.78 is 131. The summed E-state index contributed by atoms with van der Waals surface area (Å²) in [4.78, 5) is 52.3. The number of aryl methyl sites for hydroxylation is 1. The number of nitrogens with two attached hydrogens (primary N) is 2. The number of rotatable bonds is 10. The Hall–Kier alpha value is -5.38. The lowest BCUT2D eigenvalue weighted by Gasteiger charge is -2.39. The maximum absolute atomic E-state index is 13.6. The highest BCUT2D eigenvalue weighted by atomic mass is 35.5. The number of benzene rings is 2. The number of hydrogen-bond donors (Lipinski definition) is 6. The molecule has 0 aliphatic carbocycles. The number of nitrogens with zero attached hydrogens (tertiary/aromatic N) is 4. The number of fused-ring (bicyclic) bond motifs is 1. The quantitative estimate of drug-likeness (QED) is 0.0661. The van der Waals surface area contributed by atoms with Gasteiger partial charge in [0.1, 0.15) is 28.3 Å². The van der Waals surface area contributed by atoms with Gasteiger partial charge in [-0.1, -0.05) is 41.4 Å². The second-order valence-electron chi connectivity index (χ2n) is 13.2. The van der Waals surface area contributed by atoms with E-state index in [1.807, 2.05) is 36.1 Å². The van der Waals surface area contributed by atoms with Crippen LogP contribution in [0.4, 0.5) is 39.5 Å². The summed E-state index contributed by atoms with van der Waals surface area (Å²) in [5.41, 5.74) is 11.9. The van der Waals surface area contributed by atoms with E-state index in [2.05, 4.69) is 14.7 Å². The largest absolute Gasteiger partial charge is 0.490 e. The Balaban J connectivity index is 0.000000802. The van der Waals surface area contributed by atoms with Gasteiger partial charge in [-0.05, 0) is 58.0 Å². The van der Waals surface area contributed by atoms with E-state index in [1.54, 1.807) is 11.0 Å². The molecule has 2 aromatic carbocycles. The molecule has 0 atom stereocenters. The van der Waals surface area contributed by atoms with Gasteiger partial charge in [-0.25, -0.2) is 27.8 Å². The molecule has 1 aliphatic heterocycles. The molecule has 0 bridgehead atoms. The summed E-state index contributed by atoms with van der Waals surface area (Å²) in [7, 11) is -4.25. The fourth-order valence-electron chi connectivity index (χ4n) is 4.75. The summed E-state index contributed by atoms with van der Waals surface area (Å²) in [6.07, 6.45) is -14.5. The number of carbonyl (C=O) groups excluding carboxylic acids is 1. The number of aliphatic carboxylic acids is 3. The molecule has 17 nitrogen and oxygen atoms in total. The van der Waals surface area contributed by atoms with E-state index in [-0.39, 0.29) is 27.5 Å². The van der Waals surface area contributed by atoms with Gasteiger partial charge in [0.2, 0.25) is 15.9 Å². The van der Waals surface area contributed by atoms with Gasteiger partial charge in [0, 0.05) is 54.4 Å². The van der Waals surface area contributed by atoms with Crippen LogP contribution in [0.15, 0.2) is 52.4 Å². The van der Waals surface area contributed by atoms with Gasteiger partial charge in [-0.2, -0.15) is 44.2 Å². The summed E-state index contributed by atoms with van der Waals surface area (Å²) in [6, 6.07) is 12.1. The Morgan fingerprint density at radius 2 is 1.31 bits per heavy atom. The Kier molecular flexibility index (Phi) is 20.8. The highest BCUT2D eigenvalue weighted by Gasteiger charge is 2.40. The zero-order valence-electron chi connectivity index (χ0n) is 33.4. The van der Waals surface area contributed by atoms with E-state index in [1.165, 1.54) is 26.0 Å². The first-order chi connectivity index (χ1) is 29.2. The first kappa shape index (κ1) is 56.6. The van der Waals surface area contributed by atoms with Crippen LogP contribution < -0.4 is 20.9 Å². The molecule has 2 heterocycles. The van der Waals surface area contributed by atoms with Crippen LogP contribution in [-0.4, -0.2) is 132 Å². The van der Waals surface area contributed by atoms with Gasteiger partial charge in [0.15, 0.2) is 5.96 Å². The highest BCUT2D eigenvalue weighted by molar-refractivity contribution is 7.89. The first-order valence-corrected chi connectivity index (χ1v) is 19.9. The number of alkyl halides is 9. The molecule has 358 valence electrons. The number of aromatic nitrogens is 1. The molecule has 0 spiro atoms. The maximum atomic E-state index is 13.6. The molecule has 1 saturated heterocycles. The van der Waals surface area contributed by atoms with Crippen molar-refractivity contribution in [2.45, 2.75) is 62.8 Å². The van der Waals surface area contributed by atoms with Crippen molar-refractivity contribution in [3.8, 4) is 5.75 Å². The first-order valence-electron chi connectivity index (χ1n) is 17.6. The fourth-order valence-corrected chi connectivity index (χ4v) is 7.01. The number of carboxylic acids is 3. The Bertz CT molecular complexity index is 2200. The maximum Gasteiger partial charge on any atom is 0.490 e. The number of aliphatic imine (C=N–C) groups is 1. The molecular weight excluding hydrogens is 952 g/mol. The zero-order chi connectivity index (χ0) is 49.6. The average Bonchev–Trinajstić information content (AvgIpc) is 3.16. The van der Waals surface area contributed by atoms with Gasteiger partial charge in [0.05, 0.1) is 5.02 Å². The van der Waals surface area contributed by atoms with Crippen molar-refractivity contribution in [1.29, 1.82) is 0 Å². The van der Waals surface area contributed by atoms with Gasteiger partial charge in [-0.3, -0.25) is 9.79 Å². The van der Waals surface area contributed by atoms with Gasteiger partial charge >= 0.3 is 36.4 Å².